The molecule has 0 aliphatic carbocycles. The molecule has 0 aromatic heterocycles. The third-order valence-corrected chi connectivity index (χ3v) is 5.67. The smallest absolute Gasteiger partial charge is 0.326 e. The van der Waals surface area contributed by atoms with Gasteiger partial charge in [0, 0.05) is 26.1 Å². The van der Waals surface area contributed by atoms with Gasteiger partial charge in [0.25, 0.3) is 0 Å². The van der Waals surface area contributed by atoms with Crippen molar-refractivity contribution in [2.75, 3.05) is 38.6 Å². The Bertz CT molecular complexity index is 500. The summed E-state index contributed by atoms with van der Waals surface area (Å²) in [5.41, 5.74) is 0. The number of amides is 1. The van der Waals surface area contributed by atoms with Crippen molar-refractivity contribution in [3.05, 3.63) is 0 Å². The lowest BCUT2D eigenvalue weighted by molar-refractivity contribution is -0.148. The molecule has 21 heavy (non-hydrogen) atoms. The van der Waals surface area contributed by atoms with Crippen molar-refractivity contribution in [1.82, 2.24) is 9.21 Å². The number of rotatable bonds is 5. The van der Waals surface area contributed by atoms with E-state index in [2.05, 4.69) is 0 Å². The number of morpholine rings is 1. The first-order chi connectivity index (χ1) is 9.92. The maximum absolute atomic E-state index is 12.1. The first kappa shape index (κ1) is 16.2. The molecule has 0 bridgehead atoms. The molecule has 0 radical (unpaired) electrons. The molecular weight excluding hydrogens is 300 g/mol. The molecule has 1 amide bonds. The van der Waals surface area contributed by atoms with Crippen LogP contribution in [0.15, 0.2) is 0 Å². The summed E-state index contributed by atoms with van der Waals surface area (Å²) in [4.78, 5) is 24.4. The van der Waals surface area contributed by atoms with E-state index in [4.69, 9.17) is 9.84 Å². The zero-order valence-corrected chi connectivity index (χ0v) is 12.5. The second-order valence-corrected chi connectivity index (χ2v) is 7.25. The Balaban J connectivity index is 1.89. The monoisotopic (exact) mass is 320 g/mol. The fourth-order valence-corrected chi connectivity index (χ4v) is 4.03. The SMILES string of the molecule is O=C(O)C1CCCN1C(=O)CCS(=O)(=O)N1CCOCC1. The maximum Gasteiger partial charge on any atom is 0.326 e. The molecule has 120 valence electrons. The van der Waals surface area contributed by atoms with Gasteiger partial charge in [0.05, 0.1) is 19.0 Å². The van der Waals surface area contributed by atoms with Gasteiger partial charge in [-0.25, -0.2) is 13.2 Å². The van der Waals surface area contributed by atoms with Crippen molar-refractivity contribution in [2.24, 2.45) is 0 Å². The molecule has 2 heterocycles. The molecule has 2 fully saturated rings. The topological polar surface area (TPSA) is 104 Å². The van der Waals surface area contributed by atoms with E-state index in [-0.39, 0.29) is 12.2 Å². The predicted octanol–water partition coefficient (Wildman–Crippen LogP) is -0.886. The van der Waals surface area contributed by atoms with Crippen LogP contribution in [-0.2, 0) is 24.3 Å². The van der Waals surface area contributed by atoms with Gasteiger partial charge < -0.3 is 14.7 Å². The van der Waals surface area contributed by atoms with Gasteiger partial charge >= 0.3 is 5.97 Å². The lowest BCUT2D eigenvalue weighted by Gasteiger charge is -2.26. The van der Waals surface area contributed by atoms with Crippen LogP contribution in [-0.4, -0.2) is 79.2 Å². The molecule has 0 aromatic rings. The largest absolute Gasteiger partial charge is 0.480 e. The number of carbonyl (C=O) groups is 2. The standard InChI is InChI=1S/C12H20N2O6S/c15-11(14-4-1-2-10(14)12(16)17)3-9-21(18,19)13-5-7-20-8-6-13/h10H,1-9H2,(H,16,17). The summed E-state index contributed by atoms with van der Waals surface area (Å²) >= 11 is 0. The lowest BCUT2D eigenvalue weighted by Crippen LogP contribution is -2.44. The lowest BCUT2D eigenvalue weighted by atomic mass is 10.2. The third-order valence-electron chi connectivity index (χ3n) is 3.80. The number of hydrogen-bond donors (Lipinski definition) is 1. The van der Waals surface area contributed by atoms with E-state index in [0.29, 0.717) is 45.7 Å². The quantitative estimate of drug-likeness (QED) is 0.705. The number of nitrogens with zero attached hydrogens (tertiary/aromatic N) is 2. The Morgan fingerprint density at radius 1 is 1.19 bits per heavy atom. The summed E-state index contributed by atoms with van der Waals surface area (Å²) in [5.74, 6) is -1.72. The van der Waals surface area contributed by atoms with Gasteiger partial charge in [-0.3, -0.25) is 4.79 Å². The Hall–Kier alpha value is -1.19. The molecule has 0 spiro atoms. The highest BCUT2D eigenvalue weighted by molar-refractivity contribution is 7.89. The molecule has 1 unspecified atom stereocenters. The molecule has 2 aliphatic rings. The highest BCUT2D eigenvalue weighted by Crippen LogP contribution is 2.19. The number of aliphatic carboxylic acids is 1. The summed E-state index contributed by atoms with van der Waals surface area (Å²) in [6, 6.07) is -0.816. The van der Waals surface area contributed by atoms with Gasteiger partial charge in [0.1, 0.15) is 6.04 Å². The van der Waals surface area contributed by atoms with Crippen LogP contribution in [0.3, 0.4) is 0 Å². The van der Waals surface area contributed by atoms with Crippen LogP contribution in [0.4, 0.5) is 0 Å². The van der Waals surface area contributed by atoms with Crippen LogP contribution in [0.2, 0.25) is 0 Å². The molecule has 8 nitrogen and oxygen atoms in total. The molecule has 1 atom stereocenters. The number of carbonyl (C=O) groups excluding carboxylic acids is 1. The highest BCUT2D eigenvalue weighted by atomic mass is 32.2. The van der Waals surface area contributed by atoms with E-state index in [0.717, 1.165) is 0 Å². The van der Waals surface area contributed by atoms with E-state index in [1.54, 1.807) is 0 Å². The number of carboxylic acids is 1. The zero-order chi connectivity index (χ0) is 15.5. The Kier molecular flexibility index (Phi) is 5.17. The van der Waals surface area contributed by atoms with Crippen LogP contribution < -0.4 is 0 Å². The molecule has 2 saturated heterocycles. The molecule has 0 aromatic carbocycles. The number of likely N-dealkylation sites (tertiary alicyclic amines) is 1. The van der Waals surface area contributed by atoms with Gasteiger partial charge in [-0.05, 0) is 12.8 Å². The van der Waals surface area contributed by atoms with Gasteiger partial charge in [0.15, 0.2) is 0 Å². The second kappa shape index (κ2) is 6.71. The Labute approximate surface area is 123 Å². The molecule has 2 aliphatic heterocycles. The van der Waals surface area contributed by atoms with Gasteiger partial charge in [-0.1, -0.05) is 0 Å². The van der Waals surface area contributed by atoms with Gasteiger partial charge in [-0.15, -0.1) is 0 Å². The minimum Gasteiger partial charge on any atom is -0.480 e. The fourth-order valence-electron chi connectivity index (χ4n) is 2.64. The number of ether oxygens (including phenoxy) is 1. The number of carboxylic acid groups (broad SMARTS) is 1. The van der Waals surface area contributed by atoms with Gasteiger partial charge in [0.2, 0.25) is 15.9 Å². The van der Waals surface area contributed by atoms with Crippen LogP contribution in [0.25, 0.3) is 0 Å². The molecule has 9 heteroatoms. The summed E-state index contributed by atoms with van der Waals surface area (Å²) in [6.45, 7) is 1.71. The van der Waals surface area contributed by atoms with Crippen LogP contribution >= 0.6 is 0 Å². The maximum atomic E-state index is 12.1. The fraction of sp³-hybridized carbons (Fsp3) is 0.833. The molecule has 2 rings (SSSR count). The summed E-state index contributed by atoms with van der Waals surface area (Å²) in [7, 11) is -3.49. The average Bonchev–Trinajstić information content (AvgIpc) is 2.95. The Morgan fingerprint density at radius 2 is 1.86 bits per heavy atom. The first-order valence-corrected chi connectivity index (χ1v) is 8.60. The first-order valence-electron chi connectivity index (χ1n) is 6.99. The van der Waals surface area contributed by atoms with E-state index in [1.165, 1.54) is 9.21 Å². The van der Waals surface area contributed by atoms with Crippen molar-refractivity contribution in [1.29, 1.82) is 0 Å². The van der Waals surface area contributed by atoms with E-state index in [1.807, 2.05) is 0 Å². The van der Waals surface area contributed by atoms with E-state index >= 15 is 0 Å². The van der Waals surface area contributed by atoms with Crippen molar-refractivity contribution < 1.29 is 27.9 Å². The second-order valence-electron chi connectivity index (χ2n) is 5.16. The van der Waals surface area contributed by atoms with Crippen molar-refractivity contribution in [3.8, 4) is 0 Å². The van der Waals surface area contributed by atoms with Crippen molar-refractivity contribution >= 4 is 21.9 Å². The van der Waals surface area contributed by atoms with Crippen molar-refractivity contribution in [3.63, 3.8) is 0 Å². The highest BCUT2D eigenvalue weighted by Gasteiger charge is 2.34. The Morgan fingerprint density at radius 3 is 2.48 bits per heavy atom. The molecule has 1 N–H and O–H groups in total. The molecule has 0 saturated carbocycles. The summed E-state index contributed by atoms with van der Waals surface area (Å²) in [5, 5.41) is 9.03. The third kappa shape index (κ3) is 3.92. The van der Waals surface area contributed by atoms with E-state index in [9.17, 15) is 18.0 Å². The van der Waals surface area contributed by atoms with E-state index < -0.39 is 27.9 Å². The minimum absolute atomic E-state index is 0.177. The number of sulfonamides is 1. The van der Waals surface area contributed by atoms with Crippen LogP contribution in [0.5, 0.6) is 0 Å². The number of hydrogen-bond acceptors (Lipinski definition) is 5. The zero-order valence-electron chi connectivity index (χ0n) is 11.7. The normalized spacial score (nSPS) is 24.2. The summed E-state index contributed by atoms with van der Waals surface area (Å²) < 4.78 is 30.6. The van der Waals surface area contributed by atoms with Crippen LogP contribution in [0, 0.1) is 0 Å². The van der Waals surface area contributed by atoms with Crippen molar-refractivity contribution in [2.45, 2.75) is 25.3 Å². The molecular formula is C12H20N2O6S. The predicted molar refractivity (Wildman–Crippen MR) is 73.2 cm³/mol. The van der Waals surface area contributed by atoms with Crippen LogP contribution in [0.1, 0.15) is 19.3 Å². The van der Waals surface area contributed by atoms with Gasteiger partial charge in [-0.2, -0.15) is 4.31 Å². The average molecular weight is 320 g/mol. The minimum atomic E-state index is -3.49. The summed E-state index contributed by atoms with van der Waals surface area (Å²) in [6.07, 6.45) is 0.889.